The minimum atomic E-state index is -0.542. The second kappa shape index (κ2) is 8.00. The number of nitrogens with one attached hydrogen (secondary N) is 1. The first-order chi connectivity index (χ1) is 10.6. The van der Waals surface area contributed by atoms with Crippen molar-refractivity contribution in [1.82, 2.24) is 5.32 Å². The molecule has 1 unspecified atom stereocenters. The predicted octanol–water partition coefficient (Wildman–Crippen LogP) is 2.42. The minimum Gasteiger partial charge on any atom is -0.389 e. The second-order valence-corrected chi connectivity index (χ2v) is 5.95. The van der Waals surface area contributed by atoms with Crippen molar-refractivity contribution in [3.63, 3.8) is 0 Å². The zero-order valence-electron chi connectivity index (χ0n) is 12.2. The first-order valence-corrected chi connectivity index (χ1v) is 7.63. The SMILES string of the molecule is COCC(O)CNCc1ccc(-c2ccccc2[N+](=O)[O-])s1. The Balaban J connectivity index is 2.01. The number of benzene rings is 1. The van der Waals surface area contributed by atoms with E-state index >= 15 is 0 Å². The maximum Gasteiger partial charge on any atom is 0.278 e. The highest BCUT2D eigenvalue weighted by Gasteiger charge is 2.15. The van der Waals surface area contributed by atoms with Gasteiger partial charge < -0.3 is 15.2 Å². The van der Waals surface area contributed by atoms with Crippen LogP contribution in [0.5, 0.6) is 0 Å². The Morgan fingerprint density at radius 1 is 1.36 bits per heavy atom. The van der Waals surface area contributed by atoms with Gasteiger partial charge in [-0.1, -0.05) is 12.1 Å². The number of nitro benzene ring substituents is 1. The van der Waals surface area contributed by atoms with Gasteiger partial charge in [0.25, 0.3) is 5.69 Å². The first kappa shape index (κ1) is 16.6. The molecule has 1 aromatic heterocycles. The van der Waals surface area contributed by atoms with Crippen LogP contribution in [0.2, 0.25) is 0 Å². The lowest BCUT2D eigenvalue weighted by molar-refractivity contribution is -0.384. The van der Waals surface area contributed by atoms with Gasteiger partial charge in [0, 0.05) is 36.0 Å². The van der Waals surface area contributed by atoms with E-state index in [4.69, 9.17) is 4.74 Å². The smallest absolute Gasteiger partial charge is 0.278 e. The van der Waals surface area contributed by atoms with Crippen LogP contribution in [-0.2, 0) is 11.3 Å². The molecule has 0 aliphatic rings. The number of ether oxygens (including phenoxy) is 1. The lowest BCUT2D eigenvalue weighted by atomic mass is 10.1. The van der Waals surface area contributed by atoms with Crippen molar-refractivity contribution in [2.24, 2.45) is 0 Å². The molecule has 0 saturated carbocycles. The van der Waals surface area contributed by atoms with E-state index in [-0.39, 0.29) is 10.6 Å². The Bertz CT molecular complexity index is 630. The molecule has 2 aromatic rings. The van der Waals surface area contributed by atoms with E-state index in [1.165, 1.54) is 17.4 Å². The van der Waals surface area contributed by atoms with E-state index in [2.05, 4.69) is 5.32 Å². The highest BCUT2D eigenvalue weighted by molar-refractivity contribution is 7.15. The van der Waals surface area contributed by atoms with Gasteiger partial charge >= 0.3 is 0 Å². The Hall–Kier alpha value is -1.80. The summed E-state index contributed by atoms with van der Waals surface area (Å²) < 4.78 is 4.85. The van der Waals surface area contributed by atoms with Gasteiger partial charge in [-0.2, -0.15) is 0 Å². The van der Waals surface area contributed by atoms with Crippen molar-refractivity contribution < 1.29 is 14.8 Å². The molecular formula is C15H18N2O4S. The fourth-order valence-corrected chi connectivity index (χ4v) is 3.08. The van der Waals surface area contributed by atoms with E-state index in [1.807, 2.05) is 12.1 Å². The molecule has 0 saturated heterocycles. The summed E-state index contributed by atoms with van der Waals surface area (Å²) in [6, 6.07) is 10.5. The Morgan fingerprint density at radius 3 is 2.86 bits per heavy atom. The highest BCUT2D eigenvalue weighted by atomic mass is 32.1. The fourth-order valence-electron chi connectivity index (χ4n) is 2.07. The van der Waals surface area contributed by atoms with Crippen LogP contribution >= 0.6 is 11.3 Å². The standard InChI is InChI=1S/C15H18N2O4S/c1-21-10-11(18)8-16-9-12-6-7-15(22-12)13-4-2-3-5-14(13)17(19)20/h2-7,11,16,18H,8-10H2,1H3. The Labute approximate surface area is 132 Å². The molecule has 6 nitrogen and oxygen atoms in total. The van der Waals surface area contributed by atoms with Crippen molar-refractivity contribution in [1.29, 1.82) is 0 Å². The number of aliphatic hydroxyl groups is 1. The molecule has 0 spiro atoms. The van der Waals surface area contributed by atoms with Crippen LogP contribution in [0.15, 0.2) is 36.4 Å². The molecule has 0 bridgehead atoms. The molecule has 7 heteroatoms. The van der Waals surface area contributed by atoms with Crippen LogP contribution in [0.3, 0.4) is 0 Å². The van der Waals surface area contributed by atoms with Crippen molar-refractivity contribution in [3.8, 4) is 10.4 Å². The lowest BCUT2D eigenvalue weighted by Crippen LogP contribution is -2.29. The Kier molecular flexibility index (Phi) is 6.02. The molecule has 1 atom stereocenters. The van der Waals surface area contributed by atoms with Crippen molar-refractivity contribution in [3.05, 3.63) is 51.4 Å². The van der Waals surface area contributed by atoms with Gasteiger partial charge in [0.2, 0.25) is 0 Å². The largest absolute Gasteiger partial charge is 0.389 e. The maximum atomic E-state index is 11.1. The quantitative estimate of drug-likeness (QED) is 0.576. The number of para-hydroxylation sites is 1. The monoisotopic (exact) mass is 322 g/mol. The number of rotatable bonds is 8. The number of methoxy groups -OCH3 is 1. The summed E-state index contributed by atoms with van der Waals surface area (Å²) in [4.78, 5) is 12.6. The van der Waals surface area contributed by atoms with Crippen LogP contribution in [0.25, 0.3) is 10.4 Å². The molecule has 0 radical (unpaired) electrons. The summed E-state index contributed by atoms with van der Waals surface area (Å²) in [5.41, 5.74) is 0.738. The van der Waals surface area contributed by atoms with E-state index in [9.17, 15) is 15.2 Å². The first-order valence-electron chi connectivity index (χ1n) is 6.82. The normalized spacial score (nSPS) is 12.3. The summed E-state index contributed by atoms with van der Waals surface area (Å²) >= 11 is 1.50. The third-order valence-corrected chi connectivity index (χ3v) is 4.18. The predicted molar refractivity (Wildman–Crippen MR) is 86.0 cm³/mol. The summed E-state index contributed by atoms with van der Waals surface area (Å²) in [7, 11) is 1.54. The maximum absolute atomic E-state index is 11.1. The topological polar surface area (TPSA) is 84.6 Å². The van der Waals surface area contributed by atoms with Crippen LogP contribution in [0.4, 0.5) is 5.69 Å². The molecule has 0 amide bonds. The number of hydrogen-bond acceptors (Lipinski definition) is 6. The molecule has 0 aliphatic carbocycles. The van der Waals surface area contributed by atoms with Crippen LogP contribution < -0.4 is 5.32 Å². The van der Waals surface area contributed by atoms with Gasteiger partial charge in [0.15, 0.2) is 0 Å². The van der Waals surface area contributed by atoms with E-state index in [0.29, 0.717) is 25.3 Å². The van der Waals surface area contributed by atoms with Crippen LogP contribution in [0, 0.1) is 10.1 Å². The van der Waals surface area contributed by atoms with Crippen LogP contribution in [-0.4, -0.2) is 36.4 Å². The molecule has 1 heterocycles. The van der Waals surface area contributed by atoms with Gasteiger partial charge in [-0.05, 0) is 18.2 Å². The van der Waals surface area contributed by atoms with Crippen molar-refractivity contribution >= 4 is 17.0 Å². The molecular weight excluding hydrogens is 304 g/mol. The molecule has 0 fully saturated rings. The van der Waals surface area contributed by atoms with E-state index in [1.54, 1.807) is 25.3 Å². The molecule has 22 heavy (non-hydrogen) atoms. The van der Waals surface area contributed by atoms with E-state index < -0.39 is 6.10 Å². The summed E-state index contributed by atoms with van der Waals surface area (Å²) in [5.74, 6) is 0. The summed E-state index contributed by atoms with van der Waals surface area (Å²) in [6.07, 6.45) is -0.542. The summed E-state index contributed by atoms with van der Waals surface area (Å²) in [5, 5.41) is 23.8. The Morgan fingerprint density at radius 2 is 2.14 bits per heavy atom. The zero-order chi connectivity index (χ0) is 15.9. The number of nitro groups is 1. The molecule has 2 N–H and O–H groups in total. The molecule has 1 aromatic carbocycles. The zero-order valence-corrected chi connectivity index (χ0v) is 13.0. The van der Waals surface area contributed by atoms with Gasteiger partial charge in [-0.15, -0.1) is 11.3 Å². The van der Waals surface area contributed by atoms with Gasteiger partial charge in [0.05, 0.1) is 23.2 Å². The average molecular weight is 322 g/mol. The van der Waals surface area contributed by atoms with Gasteiger partial charge in [0.1, 0.15) is 0 Å². The van der Waals surface area contributed by atoms with Crippen molar-refractivity contribution in [2.45, 2.75) is 12.6 Å². The third-order valence-electron chi connectivity index (χ3n) is 3.07. The highest BCUT2D eigenvalue weighted by Crippen LogP contribution is 2.34. The number of thiophene rings is 1. The number of nitrogens with zero attached hydrogens (tertiary/aromatic N) is 1. The van der Waals surface area contributed by atoms with Gasteiger partial charge in [-0.3, -0.25) is 10.1 Å². The molecule has 2 rings (SSSR count). The summed E-state index contributed by atoms with van der Waals surface area (Å²) in [6.45, 7) is 1.33. The third kappa shape index (κ3) is 4.35. The van der Waals surface area contributed by atoms with Crippen molar-refractivity contribution in [2.75, 3.05) is 20.3 Å². The van der Waals surface area contributed by atoms with E-state index in [0.717, 1.165) is 9.75 Å². The second-order valence-electron chi connectivity index (χ2n) is 4.78. The van der Waals surface area contributed by atoms with Crippen LogP contribution in [0.1, 0.15) is 4.88 Å². The average Bonchev–Trinajstić information content (AvgIpc) is 2.96. The lowest BCUT2D eigenvalue weighted by Gasteiger charge is -2.09. The molecule has 0 aliphatic heterocycles. The number of hydrogen-bond donors (Lipinski definition) is 2. The van der Waals surface area contributed by atoms with Gasteiger partial charge in [-0.25, -0.2) is 0 Å². The molecule has 118 valence electrons. The fraction of sp³-hybridized carbons (Fsp3) is 0.333. The minimum absolute atomic E-state index is 0.111. The number of aliphatic hydroxyl groups excluding tert-OH is 1.